The van der Waals surface area contributed by atoms with Crippen molar-refractivity contribution in [3.05, 3.63) is 12.2 Å². The summed E-state index contributed by atoms with van der Waals surface area (Å²) in [7, 11) is -0.893. The predicted octanol–water partition coefficient (Wildman–Crippen LogP) is 0.0835. The third-order valence-corrected chi connectivity index (χ3v) is 3.96. The van der Waals surface area contributed by atoms with Crippen molar-refractivity contribution in [2.75, 3.05) is 18.1 Å². The van der Waals surface area contributed by atoms with E-state index >= 15 is 0 Å². The van der Waals surface area contributed by atoms with Crippen molar-refractivity contribution in [1.82, 2.24) is 10.6 Å². The van der Waals surface area contributed by atoms with Gasteiger partial charge in [-0.1, -0.05) is 19.1 Å². The largest absolute Gasteiger partial charge is 0.481 e. The summed E-state index contributed by atoms with van der Waals surface area (Å²) < 4.78 is 11.1. The first-order valence-corrected chi connectivity index (χ1v) is 7.32. The Morgan fingerprint density at radius 2 is 2.17 bits per heavy atom. The molecule has 0 saturated carbocycles. The van der Waals surface area contributed by atoms with Crippen molar-refractivity contribution in [3.63, 3.8) is 0 Å². The van der Waals surface area contributed by atoms with Crippen LogP contribution in [0.2, 0.25) is 0 Å². The van der Waals surface area contributed by atoms with Crippen molar-refractivity contribution in [2.24, 2.45) is 5.92 Å². The molecule has 0 fully saturated rings. The summed E-state index contributed by atoms with van der Waals surface area (Å²) in [5.41, 5.74) is 0. The van der Waals surface area contributed by atoms with Gasteiger partial charge in [0.15, 0.2) is 0 Å². The van der Waals surface area contributed by atoms with Gasteiger partial charge in [-0.3, -0.25) is 9.00 Å². The summed E-state index contributed by atoms with van der Waals surface area (Å²) in [4.78, 5) is 22.1. The summed E-state index contributed by atoms with van der Waals surface area (Å²) in [6.45, 7) is 2.18. The van der Waals surface area contributed by atoms with E-state index in [1.807, 2.05) is 6.92 Å². The highest BCUT2D eigenvalue weighted by atomic mass is 32.2. The molecular weight excluding hydrogens is 256 g/mol. The minimum Gasteiger partial charge on any atom is -0.481 e. The normalized spacial score (nSPS) is 23.6. The second kappa shape index (κ2) is 7.15. The number of rotatable bonds is 6. The topological polar surface area (TPSA) is 95.5 Å². The third-order valence-electron chi connectivity index (χ3n) is 2.65. The number of carboxylic acids is 1. The summed E-state index contributed by atoms with van der Waals surface area (Å²) in [5, 5.41) is 14.0. The van der Waals surface area contributed by atoms with Crippen LogP contribution in [-0.2, 0) is 15.6 Å². The van der Waals surface area contributed by atoms with Crippen LogP contribution in [0.5, 0.6) is 0 Å². The predicted molar refractivity (Wildman–Crippen MR) is 68.8 cm³/mol. The molecule has 0 bridgehead atoms. The lowest BCUT2D eigenvalue weighted by Crippen LogP contribution is -2.42. The zero-order chi connectivity index (χ0) is 13.5. The van der Waals surface area contributed by atoms with Crippen LogP contribution in [0.15, 0.2) is 12.2 Å². The molecular formula is C11H18N2O4S. The van der Waals surface area contributed by atoms with E-state index in [2.05, 4.69) is 10.6 Å². The van der Waals surface area contributed by atoms with E-state index in [4.69, 9.17) is 5.11 Å². The van der Waals surface area contributed by atoms with Gasteiger partial charge in [0.25, 0.3) is 0 Å². The molecule has 0 aromatic rings. The summed E-state index contributed by atoms with van der Waals surface area (Å²) in [6.07, 6.45) is 3.64. The van der Waals surface area contributed by atoms with Crippen LogP contribution in [0.25, 0.3) is 0 Å². The van der Waals surface area contributed by atoms with Gasteiger partial charge in [-0.2, -0.15) is 0 Å². The quantitative estimate of drug-likeness (QED) is 0.598. The number of hydrogen-bond donors (Lipinski definition) is 3. The number of carboxylic acid groups (broad SMARTS) is 1. The molecule has 102 valence electrons. The lowest BCUT2D eigenvalue weighted by molar-refractivity contribution is -0.140. The van der Waals surface area contributed by atoms with Gasteiger partial charge in [-0.25, -0.2) is 4.79 Å². The Morgan fingerprint density at radius 3 is 2.72 bits per heavy atom. The fourth-order valence-corrected chi connectivity index (χ4v) is 2.25. The van der Waals surface area contributed by atoms with E-state index in [-0.39, 0.29) is 12.1 Å². The minimum absolute atomic E-state index is 0.247. The number of carbonyl (C=O) groups is 2. The molecule has 3 unspecified atom stereocenters. The Hall–Kier alpha value is -1.37. The second-order valence-electron chi connectivity index (χ2n) is 4.00. The molecule has 18 heavy (non-hydrogen) atoms. The first-order chi connectivity index (χ1) is 8.52. The maximum absolute atomic E-state index is 11.4. The van der Waals surface area contributed by atoms with Crippen molar-refractivity contribution >= 4 is 22.8 Å². The van der Waals surface area contributed by atoms with Crippen molar-refractivity contribution in [2.45, 2.75) is 19.4 Å². The van der Waals surface area contributed by atoms with Crippen molar-refractivity contribution in [1.29, 1.82) is 0 Å². The monoisotopic (exact) mass is 274 g/mol. The standard InChI is InChI=1S/C11H18N2O4S/c1-2-18(17)6-5-12-11(16)13-9-4-3-8(7-9)10(14)15/h3-4,8-9H,2,5-7H2,1H3,(H,14,15)(H2,12,13,16). The highest BCUT2D eigenvalue weighted by molar-refractivity contribution is 7.84. The Kier molecular flexibility index (Phi) is 5.84. The molecule has 0 aromatic heterocycles. The van der Waals surface area contributed by atoms with Crippen LogP contribution in [0.1, 0.15) is 13.3 Å². The molecule has 6 nitrogen and oxygen atoms in total. The molecule has 0 aromatic carbocycles. The van der Waals surface area contributed by atoms with Gasteiger partial charge in [-0.05, 0) is 6.42 Å². The number of amides is 2. The molecule has 3 atom stereocenters. The lowest BCUT2D eigenvalue weighted by atomic mass is 10.1. The summed E-state index contributed by atoms with van der Waals surface area (Å²) in [6, 6.07) is -0.605. The first kappa shape index (κ1) is 14.7. The molecule has 0 spiro atoms. The average Bonchev–Trinajstić information content (AvgIpc) is 2.77. The van der Waals surface area contributed by atoms with Gasteiger partial charge in [0.05, 0.1) is 12.0 Å². The Morgan fingerprint density at radius 1 is 1.44 bits per heavy atom. The highest BCUT2D eigenvalue weighted by Gasteiger charge is 2.25. The summed E-state index contributed by atoms with van der Waals surface area (Å²) in [5.74, 6) is -0.394. The van der Waals surface area contributed by atoms with Crippen LogP contribution in [0, 0.1) is 5.92 Å². The fourth-order valence-electron chi connectivity index (χ4n) is 1.63. The van der Waals surface area contributed by atoms with Gasteiger partial charge < -0.3 is 15.7 Å². The number of urea groups is 1. The summed E-state index contributed by atoms with van der Waals surface area (Å²) >= 11 is 0. The van der Waals surface area contributed by atoms with Crippen LogP contribution < -0.4 is 10.6 Å². The average molecular weight is 274 g/mol. The maximum atomic E-state index is 11.4. The molecule has 0 heterocycles. The molecule has 7 heteroatoms. The highest BCUT2D eigenvalue weighted by Crippen LogP contribution is 2.17. The van der Waals surface area contributed by atoms with Gasteiger partial charge in [-0.15, -0.1) is 0 Å². The van der Waals surface area contributed by atoms with Crippen LogP contribution in [0.3, 0.4) is 0 Å². The Labute approximate surface area is 108 Å². The zero-order valence-electron chi connectivity index (χ0n) is 10.2. The van der Waals surface area contributed by atoms with E-state index < -0.39 is 22.7 Å². The second-order valence-corrected chi connectivity index (χ2v) is 5.87. The molecule has 1 aliphatic carbocycles. The first-order valence-electron chi connectivity index (χ1n) is 5.83. The van der Waals surface area contributed by atoms with E-state index in [1.54, 1.807) is 12.2 Å². The third kappa shape index (κ3) is 4.87. The van der Waals surface area contributed by atoms with Crippen LogP contribution in [-0.4, -0.2) is 45.4 Å². The van der Waals surface area contributed by atoms with Gasteiger partial charge in [0.2, 0.25) is 0 Å². The zero-order valence-corrected chi connectivity index (χ0v) is 11.0. The Balaban J connectivity index is 2.20. The van der Waals surface area contributed by atoms with Gasteiger partial charge >= 0.3 is 12.0 Å². The number of nitrogens with one attached hydrogen (secondary N) is 2. The number of carbonyl (C=O) groups excluding carboxylic acids is 1. The molecule has 3 N–H and O–H groups in total. The smallest absolute Gasteiger partial charge is 0.315 e. The maximum Gasteiger partial charge on any atom is 0.315 e. The molecule has 1 rings (SSSR count). The molecule has 0 radical (unpaired) electrons. The molecule has 2 amide bonds. The number of aliphatic carboxylic acids is 1. The van der Waals surface area contributed by atoms with E-state index in [1.165, 1.54) is 0 Å². The lowest BCUT2D eigenvalue weighted by Gasteiger charge is -2.12. The molecule has 1 aliphatic rings. The number of hydrogen-bond acceptors (Lipinski definition) is 3. The van der Waals surface area contributed by atoms with Crippen LogP contribution >= 0.6 is 0 Å². The van der Waals surface area contributed by atoms with Gasteiger partial charge in [0, 0.05) is 28.9 Å². The van der Waals surface area contributed by atoms with Crippen molar-refractivity contribution in [3.8, 4) is 0 Å². The Bertz CT molecular complexity index is 370. The van der Waals surface area contributed by atoms with Gasteiger partial charge in [0.1, 0.15) is 0 Å². The van der Waals surface area contributed by atoms with Crippen molar-refractivity contribution < 1.29 is 18.9 Å². The van der Waals surface area contributed by atoms with E-state index in [9.17, 15) is 13.8 Å². The van der Waals surface area contributed by atoms with E-state index in [0.29, 0.717) is 24.5 Å². The SMILES string of the molecule is CCS(=O)CCNC(=O)NC1C=CC(C(=O)O)C1. The molecule has 0 saturated heterocycles. The molecule has 0 aliphatic heterocycles. The van der Waals surface area contributed by atoms with E-state index in [0.717, 1.165) is 0 Å². The van der Waals surface area contributed by atoms with Crippen LogP contribution in [0.4, 0.5) is 4.79 Å². The fraction of sp³-hybridized carbons (Fsp3) is 0.636. The minimum atomic E-state index is -0.893.